The minimum Gasteiger partial charge on any atom is -0.408 e. The summed E-state index contributed by atoms with van der Waals surface area (Å²) in [7, 11) is 1.66. The van der Waals surface area contributed by atoms with Crippen LogP contribution >= 0.6 is 0 Å². The lowest BCUT2D eigenvalue weighted by atomic mass is 9.96. The number of rotatable bonds is 4. The maximum absolute atomic E-state index is 12.8. The van der Waals surface area contributed by atoms with E-state index in [1.54, 1.807) is 25.2 Å². The van der Waals surface area contributed by atoms with Gasteiger partial charge in [0, 0.05) is 25.8 Å². The number of nitrogens with one attached hydrogen (secondary N) is 1. The van der Waals surface area contributed by atoms with Crippen LogP contribution in [-0.2, 0) is 18.4 Å². The molecule has 4 rings (SSSR count). The molecule has 3 aromatic rings. The van der Waals surface area contributed by atoms with Gasteiger partial charge in [-0.25, -0.2) is 4.79 Å². The van der Waals surface area contributed by atoms with Gasteiger partial charge >= 0.3 is 5.76 Å². The van der Waals surface area contributed by atoms with Crippen LogP contribution in [0.4, 0.5) is 5.69 Å². The van der Waals surface area contributed by atoms with Gasteiger partial charge in [-0.15, -0.1) is 0 Å². The third kappa shape index (κ3) is 3.80. The van der Waals surface area contributed by atoms with Gasteiger partial charge in [0.15, 0.2) is 5.58 Å². The Labute approximate surface area is 157 Å². The van der Waals surface area contributed by atoms with Crippen LogP contribution in [0, 0.1) is 5.92 Å². The average Bonchev–Trinajstić information content (AvgIpc) is 2.97. The van der Waals surface area contributed by atoms with Crippen LogP contribution < -0.4 is 11.1 Å². The summed E-state index contributed by atoms with van der Waals surface area (Å²) < 4.78 is 6.57. The summed E-state index contributed by atoms with van der Waals surface area (Å²) in [4.78, 5) is 26.7. The first-order chi connectivity index (χ1) is 13.1. The maximum atomic E-state index is 12.8. The zero-order valence-corrected chi connectivity index (χ0v) is 15.4. The van der Waals surface area contributed by atoms with Crippen LogP contribution in [0.2, 0.25) is 0 Å². The van der Waals surface area contributed by atoms with E-state index in [4.69, 9.17) is 4.42 Å². The molecule has 1 aliphatic heterocycles. The molecule has 1 aromatic heterocycles. The second kappa shape index (κ2) is 7.40. The zero-order valence-electron chi connectivity index (χ0n) is 15.4. The Hall–Kier alpha value is -2.86. The molecule has 0 bridgehead atoms. The van der Waals surface area contributed by atoms with Crippen LogP contribution in [0.1, 0.15) is 18.4 Å². The molecule has 0 saturated carbocycles. The van der Waals surface area contributed by atoms with Gasteiger partial charge in [0.25, 0.3) is 0 Å². The Morgan fingerprint density at radius 3 is 2.85 bits per heavy atom. The third-order valence-electron chi connectivity index (χ3n) is 5.18. The van der Waals surface area contributed by atoms with Crippen molar-refractivity contribution in [2.24, 2.45) is 13.0 Å². The van der Waals surface area contributed by atoms with E-state index in [-0.39, 0.29) is 11.8 Å². The van der Waals surface area contributed by atoms with Crippen LogP contribution in [0.3, 0.4) is 0 Å². The number of anilines is 1. The minimum atomic E-state index is -0.405. The third-order valence-corrected chi connectivity index (χ3v) is 5.18. The highest BCUT2D eigenvalue weighted by Gasteiger charge is 2.26. The Bertz CT molecular complexity index is 1010. The number of carbonyl (C=O) groups excluding carboxylic acids is 1. The van der Waals surface area contributed by atoms with Gasteiger partial charge < -0.3 is 9.73 Å². The van der Waals surface area contributed by atoms with E-state index >= 15 is 0 Å². The summed E-state index contributed by atoms with van der Waals surface area (Å²) >= 11 is 0. The Kier molecular flexibility index (Phi) is 4.81. The van der Waals surface area contributed by atoms with E-state index in [1.807, 2.05) is 18.2 Å². The normalized spacial score (nSPS) is 17.9. The highest BCUT2D eigenvalue weighted by atomic mass is 16.4. The molecule has 27 heavy (non-hydrogen) atoms. The van der Waals surface area contributed by atoms with E-state index in [1.165, 1.54) is 10.1 Å². The summed E-state index contributed by atoms with van der Waals surface area (Å²) in [5.74, 6) is -0.413. The number of aryl methyl sites for hydroxylation is 1. The van der Waals surface area contributed by atoms with Crippen molar-refractivity contribution in [1.29, 1.82) is 0 Å². The van der Waals surface area contributed by atoms with Crippen LogP contribution in [0.25, 0.3) is 11.1 Å². The van der Waals surface area contributed by atoms with Gasteiger partial charge in [0.1, 0.15) is 0 Å². The summed E-state index contributed by atoms with van der Waals surface area (Å²) in [6.07, 6.45) is 1.91. The van der Waals surface area contributed by atoms with Crippen molar-refractivity contribution in [3.05, 3.63) is 64.6 Å². The van der Waals surface area contributed by atoms with E-state index in [2.05, 4.69) is 22.3 Å². The maximum Gasteiger partial charge on any atom is 0.419 e. The summed E-state index contributed by atoms with van der Waals surface area (Å²) in [6, 6.07) is 15.6. The lowest BCUT2D eigenvalue weighted by Crippen LogP contribution is -2.40. The van der Waals surface area contributed by atoms with Gasteiger partial charge in [-0.1, -0.05) is 30.3 Å². The Balaban J connectivity index is 1.43. The molecule has 1 amide bonds. The average molecular weight is 365 g/mol. The van der Waals surface area contributed by atoms with Crippen LogP contribution in [0.15, 0.2) is 57.7 Å². The molecular formula is C21H23N3O3. The van der Waals surface area contributed by atoms with Gasteiger partial charge in [-0.2, -0.15) is 0 Å². The molecule has 1 aliphatic rings. The number of carbonyl (C=O) groups is 1. The standard InChI is InChI=1S/C21H23N3O3/c1-23-18-12-17(9-10-19(18)27-21(23)26)22-20(25)16-8-5-11-24(14-16)13-15-6-3-2-4-7-15/h2-4,6-7,9-10,12,16H,5,8,11,13-14H2,1H3,(H,22,25). The molecule has 1 unspecified atom stereocenters. The predicted octanol–water partition coefficient (Wildman–Crippen LogP) is 2.98. The summed E-state index contributed by atoms with van der Waals surface area (Å²) in [5.41, 5.74) is 3.15. The monoisotopic (exact) mass is 365 g/mol. The fraction of sp³-hybridized carbons (Fsp3) is 0.333. The topological polar surface area (TPSA) is 67.5 Å². The number of likely N-dealkylation sites (tertiary alicyclic amines) is 1. The first-order valence-electron chi connectivity index (χ1n) is 9.27. The van der Waals surface area contributed by atoms with Gasteiger partial charge in [-0.05, 0) is 43.1 Å². The van der Waals surface area contributed by atoms with Crippen molar-refractivity contribution >= 4 is 22.7 Å². The highest BCUT2D eigenvalue weighted by Crippen LogP contribution is 2.22. The van der Waals surface area contributed by atoms with Crippen molar-refractivity contribution in [3.63, 3.8) is 0 Å². The number of hydrogen-bond acceptors (Lipinski definition) is 4. The van der Waals surface area contributed by atoms with E-state index in [0.29, 0.717) is 16.8 Å². The number of benzene rings is 2. The number of hydrogen-bond donors (Lipinski definition) is 1. The molecule has 0 spiro atoms. The number of fused-ring (bicyclic) bond motifs is 1. The lowest BCUT2D eigenvalue weighted by molar-refractivity contribution is -0.121. The van der Waals surface area contributed by atoms with Crippen LogP contribution in [-0.4, -0.2) is 28.5 Å². The van der Waals surface area contributed by atoms with Gasteiger partial charge in [0.05, 0.1) is 11.4 Å². The fourth-order valence-electron chi connectivity index (χ4n) is 3.70. The summed E-state index contributed by atoms with van der Waals surface area (Å²) in [5, 5.41) is 3.00. The number of amides is 1. The molecule has 2 heterocycles. The zero-order chi connectivity index (χ0) is 18.8. The molecule has 0 aliphatic carbocycles. The minimum absolute atomic E-state index is 0.0283. The van der Waals surface area contributed by atoms with E-state index in [0.717, 1.165) is 32.5 Å². The number of nitrogens with zero attached hydrogens (tertiary/aromatic N) is 2. The molecule has 6 heteroatoms. The summed E-state index contributed by atoms with van der Waals surface area (Å²) in [6.45, 7) is 2.64. The highest BCUT2D eigenvalue weighted by molar-refractivity contribution is 5.94. The molecule has 1 fully saturated rings. The molecule has 2 aromatic carbocycles. The Morgan fingerprint density at radius 2 is 2.04 bits per heavy atom. The number of oxazole rings is 1. The van der Waals surface area contributed by atoms with Crippen molar-refractivity contribution in [2.75, 3.05) is 18.4 Å². The molecule has 6 nitrogen and oxygen atoms in total. The SMILES string of the molecule is Cn1c(=O)oc2ccc(NC(=O)C3CCCN(Cc4ccccc4)C3)cc21. The van der Waals surface area contributed by atoms with E-state index in [9.17, 15) is 9.59 Å². The van der Waals surface area contributed by atoms with Crippen molar-refractivity contribution < 1.29 is 9.21 Å². The molecule has 1 N–H and O–H groups in total. The smallest absolute Gasteiger partial charge is 0.408 e. The second-order valence-corrected chi connectivity index (χ2v) is 7.16. The van der Waals surface area contributed by atoms with Crippen molar-refractivity contribution in [1.82, 2.24) is 9.47 Å². The van der Waals surface area contributed by atoms with Crippen molar-refractivity contribution in [2.45, 2.75) is 19.4 Å². The fourth-order valence-corrected chi connectivity index (χ4v) is 3.70. The number of aromatic nitrogens is 1. The molecule has 1 atom stereocenters. The number of piperidine rings is 1. The molecule has 140 valence electrons. The first kappa shape index (κ1) is 17.5. The van der Waals surface area contributed by atoms with Gasteiger partial charge in [0.2, 0.25) is 5.91 Å². The Morgan fingerprint density at radius 1 is 1.22 bits per heavy atom. The van der Waals surface area contributed by atoms with E-state index < -0.39 is 5.76 Å². The van der Waals surface area contributed by atoms with Gasteiger partial charge in [-0.3, -0.25) is 14.3 Å². The second-order valence-electron chi connectivity index (χ2n) is 7.16. The molecule has 1 saturated heterocycles. The largest absolute Gasteiger partial charge is 0.419 e. The molecule has 0 radical (unpaired) electrons. The first-order valence-corrected chi connectivity index (χ1v) is 9.27. The van der Waals surface area contributed by atoms with Crippen molar-refractivity contribution in [3.8, 4) is 0 Å². The molecular weight excluding hydrogens is 342 g/mol. The lowest BCUT2D eigenvalue weighted by Gasteiger charge is -2.32. The van der Waals surface area contributed by atoms with Crippen LogP contribution in [0.5, 0.6) is 0 Å². The predicted molar refractivity (Wildman–Crippen MR) is 105 cm³/mol. The quantitative estimate of drug-likeness (QED) is 0.772.